The van der Waals surface area contributed by atoms with Crippen LogP contribution in [0.25, 0.3) is 11.8 Å². The SMILES string of the molecule is CCN(CC)C(=O)C1=C(C)N=c2s/c(=C/c3cccn3-c3ccc(Br)cc3)c(=O)n2[C@@H]1c1ccccc1OC. The Balaban J connectivity index is 1.72. The predicted octanol–water partition coefficient (Wildman–Crippen LogP) is 4.67. The highest BCUT2D eigenvalue weighted by Crippen LogP contribution is 2.36. The van der Waals surface area contributed by atoms with E-state index in [0.29, 0.717) is 39.4 Å². The lowest BCUT2D eigenvalue weighted by atomic mass is 9.94. The second kappa shape index (κ2) is 11.2. The molecule has 0 saturated heterocycles. The van der Waals surface area contributed by atoms with Crippen LogP contribution in [-0.4, -0.2) is 40.1 Å². The number of carbonyl (C=O) groups excluding carboxylic acids is 1. The van der Waals surface area contributed by atoms with Gasteiger partial charge >= 0.3 is 0 Å². The number of allylic oxidation sites excluding steroid dienone is 1. The number of carbonyl (C=O) groups is 1. The Bertz CT molecular complexity index is 1740. The molecule has 1 aliphatic rings. The lowest BCUT2D eigenvalue weighted by Gasteiger charge is -2.29. The van der Waals surface area contributed by atoms with Gasteiger partial charge in [-0.1, -0.05) is 45.5 Å². The first-order valence-corrected chi connectivity index (χ1v) is 14.4. The van der Waals surface area contributed by atoms with Crippen molar-refractivity contribution in [1.29, 1.82) is 0 Å². The van der Waals surface area contributed by atoms with E-state index < -0.39 is 6.04 Å². The van der Waals surface area contributed by atoms with Crippen LogP contribution in [0.2, 0.25) is 0 Å². The molecule has 3 heterocycles. The van der Waals surface area contributed by atoms with E-state index in [4.69, 9.17) is 9.73 Å². The Morgan fingerprint density at radius 2 is 1.82 bits per heavy atom. The summed E-state index contributed by atoms with van der Waals surface area (Å²) in [6.07, 6.45) is 3.85. The summed E-state index contributed by atoms with van der Waals surface area (Å²) in [6.45, 7) is 6.86. The lowest BCUT2D eigenvalue weighted by molar-refractivity contribution is -0.127. The number of ether oxygens (including phenoxy) is 1. The summed E-state index contributed by atoms with van der Waals surface area (Å²) in [4.78, 5) is 35.0. The van der Waals surface area contributed by atoms with Crippen molar-refractivity contribution in [3.8, 4) is 11.4 Å². The van der Waals surface area contributed by atoms with Crippen LogP contribution >= 0.6 is 27.3 Å². The van der Waals surface area contributed by atoms with Crippen molar-refractivity contribution in [2.45, 2.75) is 26.8 Å². The highest BCUT2D eigenvalue weighted by Gasteiger charge is 2.35. The van der Waals surface area contributed by atoms with Crippen LogP contribution < -0.4 is 19.6 Å². The van der Waals surface area contributed by atoms with E-state index in [-0.39, 0.29) is 11.5 Å². The third-order valence-electron chi connectivity index (χ3n) is 6.90. The van der Waals surface area contributed by atoms with Crippen LogP contribution in [0.15, 0.2) is 92.4 Å². The number of benzene rings is 2. The summed E-state index contributed by atoms with van der Waals surface area (Å²) in [5.41, 5.74) is 3.49. The van der Waals surface area contributed by atoms with Gasteiger partial charge in [0.25, 0.3) is 11.5 Å². The monoisotopic (exact) mass is 604 g/mol. The zero-order chi connectivity index (χ0) is 27.7. The third-order valence-corrected chi connectivity index (χ3v) is 8.41. The van der Waals surface area contributed by atoms with Crippen LogP contribution in [0.1, 0.15) is 38.1 Å². The summed E-state index contributed by atoms with van der Waals surface area (Å²) in [6, 6.07) is 18.8. The van der Waals surface area contributed by atoms with Crippen molar-refractivity contribution in [2.24, 2.45) is 4.99 Å². The Morgan fingerprint density at radius 1 is 1.10 bits per heavy atom. The van der Waals surface area contributed by atoms with E-state index >= 15 is 0 Å². The number of rotatable bonds is 7. The number of halogens is 1. The van der Waals surface area contributed by atoms with Gasteiger partial charge in [-0.05, 0) is 69.3 Å². The molecule has 0 saturated carbocycles. The average Bonchev–Trinajstić information content (AvgIpc) is 3.53. The third kappa shape index (κ3) is 4.92. The van der Waals surface area contributed by atoms with Crippen LogP contribution in [0.4, 0.5) is 0 Å². The van der Waals surface area contributed by atoms with Gasteiger partial charge in [-0.25, -0.2) is 4.99 Å². The Morgan fingerprint density at radius 3 is 2.51 bits per heavy atom. The van der Waals surface area contributed by atoms with Gasteiger partial charge in [0.2, 0.25) is 0 Å². The maximum absolute atomic E-state index is 14.1. The van der Waals surface area contributed by atoms with Gasteiger partial charge in [-0.3, -0.25) is 14.2 Å². The van der Waals surface area contributed by atoms with E-state index in [2.05, 4.69) is 15.9 Å². The van der Waals surface area contributed by atoms with Gasteiger partial charge in [0.15, 0.2) is 4.80 Å². The number of thiazole rings is 1. The normalized spacial score (nSPS) is 15.2. The molecule has 0 radical (unpaired) electrons. The topological polar surface area (TPSA) is 68.8 Å². The molecule has 0 bridgehead atoms. The van der Waals surface area contributed by atoms with Gasteiger partial charge in [-0.15, -0.1) is 0 Å². The minimum atomic E-state index is -0.661. The molecule has 1 amide bonds. The summed E-state index contributed by atoms with van der Waals surface area (Å²) in [5, 5.41) is 0. The van der Waals surface area contributed by atoms with Gasteiger partial charge < -0.3 is 14.2 Å². The van der Waals surface area contributed by atoms with Gasteiger partial charge in [0.05, 0.1) is 22.9 Å². The molecule has 0 aliphatic carbocycles. The fourth-order valence-electron chi connectivity index (χ4n) is 4.95. The zero-order valence-electron chi connectivity index (χ0n) is 22.2. The number of likely N-dealkylation sites (N-methyl/N-ethyl adjacent to an activating group) is 1. The number of hydrogen-bond acceptors (Lipinski definition) is 5. The molecule has 0 unspecified atom stereocenters. The van der Waals surface area contributed by atoms with Gasteiger partial charge in [-0.2, -0.15) is 0 Å². The molecule has 200 valence electrons. The molecule has 9 heteroatoms. The van der Waals surface area contributed by atoms with Crippen LogP contribution in [0.3, 0.4) is 0 Å². The average molecular weight is 606 g/mol. The number of aromatic nitrogens is 2. The maximum atomic E-state index is 14.1. The second-order valence-corrected chi connectivity index (χ2v) is 11.0. The van der Waals surface area contributed by atoms with Crippen molar-refractivity contribution in [2.75, 3.05) is 20.2 Å². The van der Waals surface area contributed by atoms with Crippen molar-refractivity contribution >= 4 is 39.2 Å². The molecule has 0 N–H and O–H groups in total. The van der Waals surface area contributed by atoms with Crippen molar-refractivity contribution in [3.63, 3.8) is 0 Å². The van der Waals surface area contributed by atoms with Crippen LogP contribution in [0, 0.1) is 0 Å². The lowest BCUT2D eigenvalue weighted by Crippen LogP contribution is -2.43. The molecule has 2 aromatic carbocycles. The Labute approximate surface area is 239 Å². The van der Waals surface area contributed by atoms with Crippen molar-refractivity contribution in [3.05, 3.63) is 114 Å². The Kier molecular flexibility index (Phi) is 7.72. The first kappa shape index (κ1) is 26.9. The molecule has 1 aliphatic heterocycles. The van der Waals surface area contributed by atoms with E-state index in [1.807, 2.05) is 98.3 Å². The predicted molar refractivity (Wildman–Crippen MR) is 158 cm³/mol. The number of para-hydroxylation sites is 1. The highest BCUT2D eigenvalue weighted by atomic mass is 79.9. The summed E-state index contributed by atoms with van der Waals surface area (Å²) in [7, 11) is 1.60. The molecule has 0 spiro atoms. The van der Waals surface area contributed by atoms with E-state index in [9.17, 15) is 9.59 Å². The molecular weight excluding hydrogens is 576 g/mol. The molecule has 39 heavy (non-hydrogen) atoms. The zero-order valence-corrected chi connectivity index (χ0v) is 24.6. The summed E-state index contributed by atoms with van der Waals surface area (Å²) >= 11 is 4.81. The first-order chi connectivity index (χ1) is 18.9. The number of amides is 1. The van der Waals surface area contributed by atoms with Crippen molar-refractivity contribution < 1.29 is 9.53 Å². The molecule has 2 aromatic heterocycles. The number of hydrogen-bond donors (Lipinski definition) is 0. The fraction of sp³-hybridized carbons (Fsp3) is 0.233. The van der Waals surface area contributed by atoms with Crippen LogP contribution in [0.5, 0.6) is 5.75 Å². The standard InChI is InChI=1S/C30H29BrN4O3S/c1-5-33(6-2)29(37)26-19(3)32-30-35(27(26)23-11-7-8-12-24(23)38-4)28(36)25(39-30)18-22-10-9-17-34(22)21-15-13-20(31)14-16-21/h7-18,27H,5-6H2,1-4H3/b25-18+/t27-/m1/s1. The molecule has 7 nitrogen and oxygen atoms in total. The first-order valence-electron chi connectivity index (χ1n) is 12.8. The highest BCUT2D eigenvalue weighted by molar-refractivity contribution is 9.10. The molecular formula is C30H29BrN4O3S. The summed E-state index contributed by atoms with van der Waals surface area (Å²) in [5.74, 6) is 0.483. The minimum Gasteiger partial charge on any atom is -0.496 e. The van der Waals surface area contributed by atoms with Gasteiger partial charge in [0.1, 0.15) is 11.8 Å². The molecule has 4 aromatic rings. The number of methoxy groups -OCH3 is 1. The number of nitrogens with zero attached hydrogens (tertiary/aromatic N) is 4. The second-order valence-electron chi connectivity index (χ2n) is 9.08. The van der Waals surface area contributed by atoms with Crippen LogP contribution in [-0.2, 0) is 4.79 Å². The molecule has 0 fully saturated rings. The summed E-state index contributed by atoms with van der Waals surface area (Å²) < 4.78 is 10.9. The smallest absolute Gasteiger partial charge is 0.271 e. The number of fused-ring (bicyclic) bond motifs is 1. The molecule has 1 atom stereocenters. The molecule has 5 rings (SSSR count). The minimum absolute atomic E-state index is 0.129. The quantitative estimate of drug-likeness (QED) is 0.308. The van der Waals surface area contributed by atoms with Gasteiger partial charge in [0, 0.05) is 40.7 Å². The Hall–Kier alpha value is -3.69. The largest absolute Gasteiger partial charge is 0.496 e. The van der Waals surface area contributed by atoms with Crippen molar-refractivity contribution in [1.82, 2.24) is 14.0 Å². The van der Waals surface area contributed by atoms with E-state index in [0.717, 1.165) is 21.4 Å². The van der Waals surface area contributed by atoms with E-state index in [1.165, 1.54) is 11.3 Å². The van der Waals surface area contributed by atoms with E-state index in [1.54, 1.807) is 16.6 Å². The maximum Gasteiger partial charge on any atom is 0.271 e. The fourth-order valence-corrected chi connectivity index (χ4v) is 6.24.